The molecule has 222 valence electrons. The van der Waals surface area contributed by atoms with Crippen molar-refractivity contribution in [2.45, 2.75) is 40.0 Å². The molecular formula is C40H40IN3. The molecule has 0 saturated heterocycles. The Hall–Kier alpha value is -4.16. The van der Waals surface area contributed by atoms with Crippen molar-refractivity contribution >= 4 is 17.5 Å². The Balaban J connectivity index is 0.00000384. The lowest BCUT2D eigenvalue weighted by molar-refractivity contribution is -0.633. The number of fused-ring (bicyclic) bond motifs is 1. The van der Waals surface area contributed by atoms with E-state index in [1.807, 2.05) is 0 Å². The zero-order valence-corrected chi connectivity index (χ0v) is 28.6. The number of aryl methyl sites for hydroxylation is 3. The molecule has 44 heavy (non-hydrogen) atoms. The molecule has 4 aromatic carbocycles. The van der Waals surface area contributed by atoms with E-state index in [0.29, 0.717) is 0 Å². The highest BCUT2D eigenvalue weighted by Gasteiger charge is 2.37. The number of likely N-dealkylation sites (N-methyl/N-ethyl adjacent to an activating group) is 1. The molecule has 1 aliphatic heterocycles. The first kappa shape index (κ1) is 31.3. The average molecular weight is 690 g/mol. The lowest BCUT2D eigenvalue weighted by Gasteiger charge is -2.23. The van der Waals surface area contributed by atoms with E-state index in [-0.39, 0.29) is 29.4 Å². The van der Waals surface area contributed by atoms with Gasteiger partial charge in [0.05, 0.1) is 5.69 Å². The summed E-state index contributed by atoms with van der Waals surface area (Å²) in [5.41, 5.74) is 18.0. The van der Waals surface area contributed by atoms with Gasteiger partial charge in [-0.05, 0) is 73.4 Å². The summed E-state index contributed by atoms with van der Waals surface area (Å²) in [7, 11) is 2.17. The summed E-state index contributed by atoms with van der Waals surface area (Å²) in [5.74, 6) is 0. The number of nitrogens with one attached hydrogen (secondary N) is 1. The fraction of sp³-hybridized carbons (Fsp3) is 0.175. The quantitative estimate of drug-likeness (QED) is 0.164. The van der Waals surface area contributed by atoms with E-state index in [0.717, 1.165) is 22.6 Å². The third kappa shape index (κ3) is 6.09. The fourth-order valence-electron chi connectivity index (χ4n) is 6.07. The predicted octanol–water partition coefficient (Wildman–Crippen LogP) is 6.44. The Bertz CT molecular complexity index is 1850. The highest BCUT2D eigenvalue weighted by molar-refractivity contribution is 5.73. The van der Waals surface area contributed by atoms with Crippen LogP contribution < -0.4 is 39.0 Å². The largest absolute Gasteiger partial charge is 1.00 e. The van der Waals surface area contributed by atoms with Gasteiger partial charge in [-0.1, -0.05) is 109 Å². The van der Waals surface area contributed by atoms with Gasteiger partial charge in [-0.2, -0.15) is 5.43 Å². The molecule has 0 bridgehead atoms. The molecule has 0 atom stereocenters. The molecule has 0 amide bonds. The van der Waals surface area contributed by atoms with Gasteiger partial charge in [-0.3, -0.25) is 0 Å². The Labute approximate surface area is 279 Å². The third-order valence-corrected chi connectivity index (χ3v) is 8.67. The van der Waals surface area contributed by atoms with Crippen LogP contribution in [0.15, 0.2) is 127 Å². The molecule has 0 fully saturated rings. The lowest BCUT2D eigenvalue weighted by Crippen LogP contribution is -3.00. The summed E-state index contributed by atoms with van der Waals surface area (Å²) in [5, 5.41) is 0. The molecule has 0 saturated carbocycles. The topological polar surface area (TPSA) is 19.1 Å². The summed E-state index contributed by atoms with van der Waals surface area (Å²) in [6.07, 6.45) is 6.69. The van der Waals surface area contributed by atoms with E-state index >= 15 is 0 Å². The highest BCUT2D eigenvalue weighted by atomic mass is 127. The van der Waals surface area contributed by atoms with E-state index in [1.165, 1.54) is 44.8 Å². The van der Waals surface area contributed by atoms with Gasteiger partial charge < -0.3 is 28.9 Å². The smallest absolute Gasteiger partial charge is 0.244 e. The monoisotopic (exact) mass is 689 g/mol. The number of rotatable bonds is 6. The minimum Gasteiger partial charge on any atom is -1.00 e. The summed E-state index contributed by atoms with van der Waals surface area (Å²) in [6.45, 7) is 11.0. The molecule has 0 radical (unpaired) electrons. The van der Waals surface area contributed by atoms with Crippen LogP contribution in [0.2, 0.25) is 0 Å². The molecule has 0 unspecified atom stereocenters. The second kappa shape index (κ2) is 12.8. The Kier molecular flexibility index (Phi) is 9.12. The first-order valence-electron chi connectivity index (χ1n) is 15.0. The summed E-state index contributed by atoms with van der Waals surface area (Å²) in [6, 6.07) is 39.3. The van der Waals surface area contributed by atoms with Crippen LogP contribution in [0.1, 0.15) is 41.8 Å². The van der Waals surface area contributed by atoms with Gasteiger partial charge in [0.2, 0.25) is 11.4 Å². The van der Waals surface area contributed by atoms with Crippen molar-refractivity contribution in [3.8, 4) is 22.4 Å². The second-order valence-electron chi connectivity index (χ2n) is 12.2. The van der Waals surface area contributed by atoms with Crippen LogP contribution in [0.5, 0.6) is 0 Å². The van der Waals surface area contributed by atoms with Gasteiger partial charge in [0.25, 0.3) is 0 Å². The van der Waals surface area contributed by atoms with Crippen LogP contribution in [0.25, 0.3) is 28.5 Å². The maximum absolute atomic E-state index is 3.76. The number of halogens is 1. The summed E-state index contributed by atoms with van der Waals surface area (Å²) in [4.78, 5) is 2.32. The van der Waals surface area contributed by atoms with Gasteiger partial charge >= 0.3 is 0 Å². The number of pyridine rings is 1. The summed E-state index contributed by atoms with van der Waals surface area (Å²) >= 11 is 0. The number of nitrogens with zero attached hydrogens (tertiary/aromatic N) is 2. The number of benzene rings is 4. The number of para-hydroxylation sites is 2. The molecular weight excluding hydrogens is 649 g/mol. The van der Waals surface area contributed by atoms with Crippen LogP contribution in [0, 0.1) is 20.8 Å². The number of hydrogen-bond donors (Lipinski definition) is 1. The third-order valence-electron chi connectivity index (χ3n) is 8.67. The van der Waals surface area contributed by atoms with Crippen molar-refractivity contribution in [2.75, 3.05) is 17.4 Å². The van der Waals surface area contributed by atoms with E-state index in [9.17, 15) is 0 Å². The molecule has 3 nitrogen and oxygen atoms in total. The van der Waals surface area contributed by atoms with Crippen LogP contribution >= 0.6 is 0 Å². The first-order valence-corrected chi connectivity index (χ1v) is 15.0. The zero-order valence-electron chi connectivity index (χ0n) is 26.4. The van der Waals surface area contributed by atoms with Crippen molar-refractivity contribution in [2.24, 2.45) is 0 Å². The van der Waals surface area contributed by atoms with Crippen molar-refractivity contribution in [3.05, 3.63) is 155 Å². The van der Waals surface area contributed by atoms with Crippen LogP contribution in [-0.2, 0) is 5.41 Å². The molecule has 1 aromatic heterocycles. The Morgan fingerprint density at radius 1 is 0.705 bits per heavy atom. The standard InChI is InChI=1S/C40H40N3.HI/c1-28-18-22-31(23-19-28)33-26-34(13-11-17-39-40(4,5)35-14-8-10-16-37(35)42(39)6)43(41-36-15-9-7-12-30(36)3)38(27-33)32-24-20-29(2)21-25-32;/h7-27,41H,1-6H3;1H/q+1;/p-1. The van der Waals surface area contributed by atoms with E-state index in [1.54, 1.807) is 0 Å². The molecule has 5 aromatic rings. The van der Waals surface area contributed by atoms with E-state index in [2.05, 4.69) is 184 Å². The van der Waals surface area contributed by atoms with Gasteiger partial charge in [0.1, 0.15) is 0 Å². The summed E-state index contributed by atoms with van der Waals surface area (Å²) < 4.78 is 2.22. The minimum absolute atomic E-state index is 0. The van der Waals surface area contributed by atoms with Crippen LogP contribution in [0.4, 0.5) is 11.4 Å². The van der Waals surface area contributed by atoms with Crippen molar-refractivity contribution in [3.63, 3.8) is 0 Å². The van der Waals surface area contributed by atoms with Gasteiger partial charge in [0.15, 0.2) is 0 Å². The molecule has 1 aliphatic rings. The Morgan fingerprint density at radius 2 is 1.32 bits per heavy atom. The predicted molar refractivity (Wildman–Crippen MR) is 182 cm³/mol. The van der Waals surface area contributed by atoms with E-state index in [4.69, 9.17) is 0 Å². The van der Waals surface area contributed by atoms with Gasteiger partial charge in [-0.25, -0.2) is 0 Å². The van der Waals surface area contributed by atoms with Gasteiger partial charge in [-0.15, -0.1) is 0 Å². The van der Waals surface area contributed by atoms with E-state index < -0.39 is 0 Å². The molecule has 0 spiro atoms. The SMILES string of the molecule is Cc1ccc(-c2cc(/C=C/C=C3/N(C)c4ccccc4C3(C)C)[n+](Nc3ccccc3C)c(-c3ccc(C)cc3)c2)cc1.[I-]. The van der Waals surface area contributed by atoms with Crippen LogP contribution in [-0.4, -0.2) is 7.05 Å². The average Bonchev–Trinajstić information content (AvgIpc) is 3.20. The number of hydrogen-bond acceptors (Lipinski definition) is 2. The van der Waals surface area contributed by atoms with Crippen LogP contribution in [0.3, 0.4) is 0 Å². The fourth-order valence-corrected chi connectivity index (χ4v) is 6.07. The molecule has 4 heteroatoms. The Morgan fingerprint density at radius 3 is 1.98 bits per heavy atom. The number of anilines is 2. The van der Waals surface area contributed by atoms with Gasteiger partial charge in [0, 0.05) is 47.6 Å². The highest BCUT2D eigenvalue weighted by Crippen LogP contribution is 2.46. The molecule has 6 rings (SSSR count). The molecule has 1 N–H and O–H groups in total. The maximum atomic E-state index is 3.76. The minimum atomic E-state index is -0.0815. The number of aromatic nitrogens is 1. The molecule has 0 aliphatic carbocycles. The maximum Gasteiger partial charge on any atom is 0.244 e. The van der Waals surface area contributed by atoms with Crippen molar-refractivity contribution in [1.29, 1.82) is 0 Å². The zero-order chi connectivity index (χ0) is 30.1. The first-order chi connectivity index (χ1) is 20.7. The number of allylic oxidation sites excluding steroid dienone is 3. The molecule has 2 heterocycles. The second-order valence-corrected chi connectivity index (χ2v) is 12.2. The van der Waals surface area contributed by atoms with Crippen molar-refractivity contribution in [1.82, 2.24) is 0 Å². The van der Waals surface area contributed by atoms with Crippen molar-refractivity contribution < 1.29 is 28.7 Å². The normalized spacial score (nSPS) is 14.5. The lowest BCUT2D eigenvalue weighted by atomic mass is 9.84.